The van der Waals surface area contributed by atoms with Crippen molar-refractivity contribution in [3.63, 3.8) is 0 Å². The van der Waals surface area contributed by atoms with Gasteiger partial charge in [0.15, 0.2) is 10.9 Å². The third-order valence-electron chi connectivity index (χ3n) is 4.80. The van der Waals surface area contributed by atoms with E-state index in [1.165, 1.54) is 23.1 Å². The van der Waals surface area contributed by atoms with Crippen molar-refractivity contribution >= 4 is 40.0 Å². The fourth-order valence-electron chi connectivity index (χ4n) is 3.40. The van der Waals surface area contributed by atoms with Gasteiger partial charge in [0.2, 0.25) is 11.7 Å². The number of esters is 1. The summed E-state index contributed by atoms with van der Waals surface area (Å²) in [5.41, 5.74) is 0.370. The number of rotatable bonds is 9. The number of hydrogen-bond acceptors (Lipinski definition) is 9. The van der Waals surface area contributed by atoms with Gasteiger partial charge < -0.3 is 19.2 Å². The number of aromatic nitrogens is 3. The van der Waals surface area contributed by atoms with Crippen molar-refractivity contribution in [2.24, 2.45) is 0 Å². The zero-order valence-electron chi connectivity index (χ0n) is 17.8. The molecule has 3 aromatic rings. The van der Waals surface area contributed by atoms with Crippen LogP contribution < -0.4 is 5.32 Å². The summed E-state index contributed by atoms with van der Waals surface area (Å²) in [5, 5.41) is 12.5. The second-order valence-corrected chi connectivity index (χ2v) is 9.39. The first-order valence-corrected chi connectivity index (χ1v) is 12.1. The van der Waals surface area contributed by atoms with Crippen molar-refractivity contribution in [1.29, 1.82) is 0 Å². The van der Waals surface area contributed by atoms with Crippen molar-refractivity contribution in [2.75, 3.05) is 24.3 Å². The largest absolute Gasteiger partial charge is 0.462 e. The Balaban J connectivity index is 1.45. The van der Waals surface area contributed by atoms with E-state index in [4.69, 9.17) is 13.9 Å². The summed E-state index contributed by atoms with van der Waals surface area (Å²) >= 11 is 2.62. The molecule has 1 unspecified atom stereocenters. The smallest absolute Gasteiger partial charge is 0.341 e. The highest BCUT2D eigenvalue weighted by Gasteiger charge is 2.24. The number of thioether (sulfide) groups is 1. The van der Waals surface area contributed by atoms with E-state index in [2.05, 4.69) is 15.5 Å². The molecule has 1 atom stereocenters. The van der Waals surface area contributed by atoms with E-state index in [0.717, 1.165) is 24.3 Å². The highest BCUT2D eigenvalue weighted by Crippen LogP contribution is 2.30. The monoisotopic (exact) mass is 476 g/mol. The fraction of sp³-hybridized carbons (Fsp3) is 0.429. The van der Waals surface area contributed by atoms with E-state index in [-0.39, 0.29) is 24.4 Å². The minimum absolute atomic E-state index is 0.0779. The first-order valence-electron chi connectivity index (χ1n) is 10.3. The van der Waals surface area contributed by atoms with Gasteiger partial charge in [0.1, 0.15) is 5.00 Å². The predicted octanol–water partition coefficient (Wildman–Crippen LogP) is 3.99. The maximum Gasteiger partial charge on any atom is 0.341 e. The second kappa shape index (κ2) is 10.3. The Morgan fingerprint density at radius 3 is 3.00 bits per heavy atom. The number of thiophene rings is 1. The zero-order valence-corrected chi connectivity index (χ0v) is 19.5. The number of anilines is 1. The number of aryl methyl sites for hydroxylation is 1. The number of hydrogen-bond donors (Lipinski definition) is 1. The van der Waals surface area contributed by atoms with Crippen LogP contribution in [0.1, 0.15) is 35.0 Å². The molecule has 1 aliphatic heterocycles. The maximum absolute atomic E-state index is 12.6. The van der Waals surface area contributed by atoms with Gasteiger partial charge in [-0.05, 0) is 44.9 Å². The molecular formula is C21H24N4O5S2. The summed E-state index contributed by atoms with van der Waals surface area (Å²) in [5.74, 6) is 0.640. The lowest BCUT2D eigenvalue weighted by atomic mass is 10.2. The second-order valence-electron chi connectivity index (χ2n) is 7.19. The Morgan fingerprint density at radius 2 is 2.28 bits per heavy atom. The summed E-state index contributed by atoms with van der Waals surface area (Å²) in [6, 6.07) is 5.34. The maximum atomic E-state index is 12.6. The molecule has 3 aromatic heterocycles. The molecule has 0 radical (unpaired) electrons. The van der Waals surface area contributed by atoms with E-state index in [1.807, 2.05) is 17.6 Å². The summed E-state index contributed by atoms with van der Waals surface area (Å²) in [6.45, 7) is 5.23. The number of amides is 1. The number of carbonyl (C=O) groups excluding carboxylic acids is 2. The molecule has 170 valence electrons. The highest BCUT2D eigenvalue weighted by atomic mass is 32.2. The number of nitrogens with zero attached hydrogens (tertiary/aromatic N) is 3. The average Bonchev–Trinajstić information content (AvgIpc) is 3.55. The molecule has 0 bridgehead atoms. The lowest BCUT2D eigenvalue weighted by Crippen LogP contribution is -2.18. The van der Waals surface area contributed by atoms with Crippen molar-refractivity contribution in [3.8, 4) is 11.6 Å². The van der Waals surface area contributed by atoms with Gasteiger partial charge in [-0.25, -0.2) is 4.79 Å². The van der Waals surface area contributed by atoms with Gasteiger partial charge in [-0.3, -0.25) is 9.36 Å². The summed E-state index contributed by atoms with van der Waals surface area (Å²) in [6.07, 6.45) is 3.66. The molecule has 1 N–H and O–H groups in total. The van der Waals surface area contributed by atoms with Crippen LogP contribution in [0.3, 0.4) is 0 Å². The normalized spacial score (nSPS) is 15.8. The van der Waals surface area contributed by atoms with Crippen LogP contribution in [0.2, 0.25) is 0 Å². The molecule has 1 fully saturated rings. The number of nitrogens with one attached hydrogen (secondary N) is 1. The molecule has 32 heavy (non-hydrogen) atoms. The van der Waals surface area contributed by atoms with Crippen LogP contribution in [0.25, 0.3) is 11.6 Å². The summed E-state index contributed by atoms with van der Waals surface area (Å²) in [7, 11) is 0. The van der Waals surface area contributed by atoms with Crippen molar-refractivity contribution in [3.05, 3.63) is 34.9 Å². The fourth-order valence-corrected chi connectivity index (χ4v) is 5.06. The third-order valence-corrected chi connectivity index (χ3v) is 6.74. The first-order chi connectivity index (χ1) is 15.5. The lowest BCUT2D eigenvalue weighted by molar-refractivity contribution is -0.113. The molecule has 0 spiro atoms. The third kappa shape index (κ3) is 5.22. The summed E-state index contributed by atoms with van der Waals surface area (Å²) < 4.78 is 18.3. The van der Waals surface area contributed by atoms with Crippen molar-refractivity contribution < 1.29 is 23.5 Å². The van der Waals surface area contributed by atoms with Crippen LogP contribution in [0.5, 0.6) is 0 Å². The van der Waals surface area contributed by atoms with E-state index in [1.54, 1.807) is 25.3 Å². The van der Waals surface area contributed by atoms with Gasteiger partial charge in [0.05, 0.1) is 36.8 Å². The van der Waals surface area contributed by atoms with E-state index >= 15 is 0 Å². The molecule has 1 saturated heterocycles. The van der Waals surface area contributed by atoms with E-state index in [0.29, 0.717) is 33.9 Å². The van der Waals surface area contributed by atoms with Gasteiger partial charge in [-0.15, -0.1) is 21.5 Å². The number of furan rings is 1. The van der Waals surface area contributed by atoms with Crippen molar-refractivity contribution in [1.82, 2.24) is 14.8 Å². The van der Waals surface area contributed by atoms with Crippen LogP contribution in [0.15, 0.2) is 34.0 Å². The zero-order chi connectivity index (χ0) is 22.5. The highest BCUT2D eigenvalue weighted by molar-refractivity contribution is 7.99. The molecule has 4 rings (SSSR count). The summed E-state index contributed by atoms with van der Waals surface area (Å²) in [4.78, 5) is 25.7. The Kier molecular flexibility index (Phi) is 7.28. The number of carbonyl (C=O) groups is 2. The Bertz CT molecular complexity index is 1070. The van der Waals surface area contributed by atoms with Gasteiger partial charge in [0, 0.05) is 11.5 Å². The van der Waals surface area contributed by atoms with E-state index < -0.39 is 5.97 Å². The standard InChI is InChI=1S/C21H24N4O5S2/c1-3-28-20(27)15-10-13(2)32-19(15)22-17(26)12-31-21-24-23-18(16-7-5-9-30-16)25(21)11-14-6-4-8-29-14/h5,7,9-10,14H,3-4,6,8,11-12H2,1-2H3,(H,22,26). The molecule has 1 amide bonds. The van der Waals surface area contributed by atoms with E-state index in [9.17, 15) is 9.59 Å². The lowest BCUT2D eigenvalue weighted by Gasteiger charge is -2.13. The topological polar surface area (TPSA) is 108 Å². The van der Waals surface area contributed by atoms with Gasteiger partial charge in [-0.2, -0.15) is 0 Å². The Labute approximate surface area is 193 Å². The Morgan fingerprint density at radius 1 is 1.41 bits per heavy atom. The average molecular weight is 477 g/mol. The van der Waals surface area contributed by atoms with Gasteiger partial charge in [0.25, 0.3) is 0 Å². The quantitative estimate of drug-likeness (QED) is 0.365. The van der Waals surface area contributed by atoms with Crippen LogP contribution in [0.4, 0.5) is 5.00 Å². The molecule has 0 aromatic carbocycles. The predicted molar refractivity (Wildman–Crippen MR) is 121 cm³/mol. The van der Waals surface area contributed by atoms with Crippen LogP contribution in [-0.4, -0.2) is 51.7 Å². The molecule has 1 aliphatic rings. The molecule has 11 heteroatoms. The molecular weight excluding hydrogens is 452 g/mol. The Hall–Kier alpha value is -2.63. The molecule has 0 saturated carbocycles. The van der Waals surface area contributed by atoms with Crippen LogP contribution >= 0.6 is 23.1 Å². The molecule has 0 aliphatic carbocycles. The minimum atomic E-state index is -0.445. The molecule has 9 nitrogen and oxygen atoms in total. The van der Waals surface area contributed by atoms with Crippen LogP contribution in [-0.2, 0) is 20.8 Å². The van der Waals surface area contributed by atoms with Crippen molar-refractivity contribution in [2.45, 2.75) is 44.5 Å². The SMILES string of the molecule is CCOC(=O)c1cc(C)sc1NC(=O)CSc1nnc(-c2ccco2)n1CC1CCCO1. The van der Waals surface area contributed by atoms with Crippen LogP contribution in [0, 0.1) is 6.92 Å². The number of ether oxygens (including phenoxy) is 2. The minimum Gasteiger partial charge on any atom is -0.462 e. The van der Waals surface area contributed by atoms with Gasteiger partial charge in [-0.1, -0.05) is 11.8 Å². The first kappa shape index (κ1) is 22.6. The molecule has 4 heterocycles. The van der Waals surface area contributed by atoms with Gasteiger partial charge >= 0.3 is 5.97 Å².